The van der Waals surface area contributed by atoms with Crippen LogP contribution in [0.25, 0.3) is 5.69 Å². The van der Waals surface area contributed by atoms with E-state index in [4.69, 9.17) is 0 Å². The summed E-state index contributed by atoms with van der Waals surface area (Å²) in [6.07, 6.45) is 0. The molecular weight excluding hydrogens is 323 g/mol. The Kier molecular flexibility index (Phi) is 4.47. The van der Waals surface area contributed by atoms with Gasteiger partial charge in [0.15, 0.2) is 5.82 Å². The van der Waals surface area contributed by atoms with Gasteiger partial charge < -0.3 is 5.32 Å². The number of aryl methyl sites for hydroxylation is 1. The molecule has 1 N–H and O–H groups in total. The zero-order chi connectivity index (χ0) is 18.0. The lowest BCUT2D eigenvalue weighted by Crippen LogP contribution is -2.05. The molecule has 0 radical (unpaired) electrons. The molecule has 0 aliphatic heterocycles. The van der Waals surface area contributed by atoms with Crippen molar-refractivity contribution in [1.82, 2.24) is 9.78 Å². The van der Waals surface area contributed by atoms with Crippen LogP contribution in [0.3, 0.4) is 0 Å². The second-order valence-corrected chi connectivity index (χ2v) is 5.67. The number of benzene rings is 2. The summed E-state index contributed by atoms with van der Waals surface area (Å²) in [5.41, 5.74) is 3.66. The molecule has 7 heteroatoms. The highest BCUT2D eigenvalue weighted by Gasteiger charge is 2.14. The normalized spacial score (nSPS) is 10.7. The minimum atomic E-state index is -0.653. The number of nitrogens with zero attached hydrogens (tertiary/aromatic N) is 3. The van der Waals surface area contributed by atoms with Gasteiger partial charge in [-0.05, 0) is 32.0 Å². The monoisotopic (exact) mass is 340 g/mol. The van der Waals surface area contributed by atoms with Gasteiger partial charge >= 0.3 is 0 Å². The molecule has 0 saturated heterocycles. The van der Waals surface area contributed by atoms with Crippen molar-refractivity contribution in [2.24, 2.45) is 0 Å². The predicted octanol–water partition coefficient (Wildman–Crippen LogP) is 4.15. The van der Waals surface area contributed by atoms with E-state index in [0.29, 0.717) is 6.54 Å². The van der Waals surface area contributed by atoms with Crippen LogP contribution in [0.5, 0.6) is 0 Å². The third kappa shape index (κ3) is 3.35. The van der Waals surface area contributed by atoms with Gasteiger partial charge in [0.2, 0.25) is 0 Å². The second kappa shape index (κ2) is 6.72. The van der Waals surface area contributed by atoms with Gasteiger partial charge in [-0.15, -0.1) is 0 Å². The molecule has 3 aromatic rings. The fraction of sp³-hybridized carbons (Fsp3) is 0.167. The van der Waals surface area contributed by atoms with Crippen molar-refractivity contribution in [3.8, 4) is 5.69 Å². The van der Waals surface area contributed by atoms with Gasteiger partial charge in [-0.2, -0.15) is 5.10 Å². The summed E-state index contributed by atoms with van der Waals surface area (Å²) >= 11 is 0. The van der Waals surface area contributed by atoms with Crippen LogP contribution in [0.1, 0.15) is 17.0 Å². The second-order valence-electron chi connectivity index (χ2n) is 5.67. The van der Waals surface area contributed by atoms with E-state index in [1.54, 1.807) is 0 Å². The van der Waals surface area contributed by atoms with Crippen molar-refractivity contribution in [1.29, 1.82) is 0 Å². The van der Waals surface area contributed by atoms with Crippen molar-refractivity contribution in [2.45, 2.75) is 20.4 Å². The largest absolute Gasteiger partial charge is 0.378 e. The van der Waals surface area contributed by atoms with Gasteiger partial charge in [0.1, 0.15) is 0 Å². The molecular formula is C18H17FN4O2. The number of nitro benzene ring substituents is 1. The minimum absolute atomic E-state index is 0.219. The van der Waals surface area contributed by atoms with Gasteiger partial charge in [-0.3, -0.25) is 10.1 Å². The van der Waals surface area contributed by atoms with Crippen LogP contribution < -0.4 is 5.32 Å². The van der Waals surface area contributed by atoms with Gasteiger partial charge in [0, 0.05) is 23.9 Å². The maximum absolute atomic E-state index is 14.0. The van der Waals surface area contributed by atoms with Crippen molar-refractivity contribution in [3.05, 3.63) is 81.4 Å². The highest BCUT2D eigenvalue weighted by molar-refractivity contribution is 5.51. The average molecular weight is 340 g/mol. The summed E-state index contributed by atoms with van der Waals surface area (Å²) in [5.74, 6) is -0.653. The number of hydrogen-bond acceptors (Lipinski definition) is 4. The molecule has 128 valence electrons. The number of nitrogens with one attached hydrogen (secondary N) is 1. The van der Waals surface area contributed by atoms with E-state index in [-0.39, 0.29) is 11.4 Å². The Bertz CT molecular complexity index is 922. The van der Waals surface area contributed by atoms with Crippen LogP contribution in [0, 0.1) is 29.8 Å². The zero-order valence-corrected chi connectivity index (χ0v) is 13.9. The number of non-ortho nitro benzene ring substituents is 1. The summed E-state index contributed by atoms with van der Waals surface area (Å²) in [4.78, 5) is 10.1. The first-order chi connectivity index (χ1) is 12.0. The quantitative estimate of drug-likeness (QED) is 0.559. The summed E-state index contributed by atoms with van der Waals surface area (Å²) < 4.78 is 15.8. The van der Waals surface area contributed by atoms with Crippen LogP contribution >= 0.6 is 0 Å². The first-order valence-electron chi connectivity index (χ1n) is 7.75. The van der Waals surface area contributed by atoms with Crippen LogP contribution in [0.15, 0.2) is 48.5 Å². The van der Waals surface area contributed by atoms with E-state index < -0.39 is 10.7 Å². The summed E-state index contributed by atoms with van der Waals surface area (Å²) in [6, 6.07) is 13.3. The Morgan fingerprint density at radius 1 is 1.20 bits per heavy atom. The van der Waals surface area contributed by atoms with Crippen LogP contribution in [0.2, 0.25) is 0 Å². The predicted molar refractivity (Wildman–Crippen MR) is 93.4 cm³/mol. The third-order valence-corrected chi connectivity index (χ3v) is 4.06. The van der Waals surface area contributed by atoms with E-state index in [9.17, 15) is 14.5 Å². The van der Waals surface area contributed by atoms with E-state index in [1.807, 2.05) is 48.9 Å². The maximum atomic E-state index is 14.0. The topological polar surface area (TPSA) is 73.0 Å². The van der Waals surface area contributed by atoms with Crippen LogP contribution in [0.4, 0.5) is 15.8 Å². The highest BCUT2D eigenvalue weighted by Crippen LogP contribution is 2.23. The molecule has 1 aromatic heterocycles. The minimum Gasteiger partial charge on any atom is -0.378 e. The van der Waals surface area contributed by atoms with Crippen molar-refractivity contribution in [2.75, 3.05) is 5.32 Å². The van der Waals surface area contributed by atoms with Crippen LogP contribution in [-0.2, 0) is 6.54 Å². The number of hydrogen-bond donors (Lipinski definition) is 1. The van der Waals surface area contributed by atoms with Gasteiger partial charge in [0.05, 0.1) is 28.1 Å². The summed E-state index contributed by atoms with van der Waals surface area (Å²) in [5, 5.41) is 18.2. The molecule has 0 aliphatic rings. The SMILES string of the molecule is Cc1nn(-c2ccccc2)c(C)c1CNc1ccc([N+](=O)[O-])cc1F. The Hall–Kier alpha value is -3.22. The Morgan fingerprint density at radius 2 is 1.92 bits per heavy atom. The smallest absolute Gasteiger partial charge is 0.272 e. The number of para-hydroxylation sites is 1. The summed E-state index contributed by atoms with van der Waals surface area (Å²) in [7, 11) is 0. The molecule has 0 spiro atoms. The lowest BCUT2D eigenvalue weighted by molar-refractivity contribution is -0.385. The van der Waals surface area contributed by atoms with Gasteiger partial charge in [-0.25, -0.2) is 9.07 Å². The number of nitro groups is 1. The molecule has 0 unspecified atom stereocenters. The van der Waals surface area contributed by atoms with Crippen molar-refractivity contribution >= 4 is 11.4 Å². The van der Waals surface area contributed by atoms with Gasteiger partial charge in [0.25, 0.3) is 5.69 Å². The Morgan fingerprint density at radius 3 is 2.56 bits per heavy atom. The maximum Gasteiger partial charge on any atom is 0.272 e. The molecule has 0 atom stereocenters. The third-order valence-electron chi connectivity index (χ3n) is 4.06. The number of rotatable bonds is 5. The van der Waals surface area contributed by atoms with E-state index in [1.165, 1.54) is 12.1 Å². The average Bonchev–Trinajstić information content (AvgIpc) is 2.89. The lowest BCUT2D eigenvalue weighted by Gasteiger charge is -2.09. The van der Waals surface area contributed by atoms with Crippen molar-refractivity contribution < 1.29 is 9.31 Å². The number of anilines is 1. The lowest BCUT2D eigenvalue weighted by atomic mass is 10.2. The van der Waals surface area contributed by atoms with E-state index in [0.717, 1.165) is 28.7 Å². The molecule has 6 nitrogen and oxygen atoms in total. The van der Waals surface area contributed by atoms with E-state index in [2.05, 4.69) is 10.4 Å². The molecule has 0 amide bonds. The first-order valence-corrected chi connectivity index (χ1v) is 7.75. The standard InChI is InChI=1S/C18H17FN4O2/c1-12-16(13(2)22(21-12)14-6-4-3-5-7-14)11-20-18-9-8-15(23(24)25)10-17(18)19/h3-10,20H,11H2,1-2H3. The Labute approximate surface area is 144 Å². The van der Waals surface area contributed by atoms with E-state index >= 15 is 0 Å². The molecule has 25 heavy (non-hydrogen) atoms. The van der Waals surface area contributed by atoms with Gasteiger partial charge in [-0.1, -0.05) is 18.2 Å². The molecule has 0 aliphatic carbocycles. The Balaban J connectivity index is 1.83. The first kappa shape index (κ1) is 16.6. The number of halogens is 1. The molecule has 0 saturated carbocycles. The fourth-order valence-corrected chi connectivity index (χ4v) is 2.70. The molecule has 1 heterocycles. The zero-order valence-electron chi connectivity index (χ0n) is 13.9. The molecule has 3 rings (SSSR count). The molecule has 0 fully saturated rings. The molecule has 0 bridgehead atoms. The van der Waals surface area contributed by atoms with Crippen molar-refractivity contribution in [3.63, 3.8) is 0 Å². The fourth-order valence-electron chi connectivity index (χ4n) is 2.70. The summed E-state index contributed by atoms with van der Waals surface area (Å²) in [6.45, 7) is 4.23. The van der Waals surface area contributed by atoms with Crippen LogP contribution in [-0.4, -0.2) is 14.7 Å². The highest BCUT2D eigenvalue weighted by atomic mass is 19.1. The number of aromatic nitrogens is 2. The molecule has 2 aromatic carbocycles.